The van der Waals surface area contributed by atoms with Gasteiger partial charge in [-0.05, 0) is 50.4 Å². The summed E-state index contributed by atoms with van der Waals surface area (Å²) in [5, 5.41) is 29.0. The van der Waals surface area contributed by atoms with E-state index in [2.05, 4.69) is 6.92 Å². The van der Waals surface area contributed by atoms with Gasteiger partial charge in [-0.25, -0.2) is 0 Å². The van der Waals surface area contributed by atoms with Crippen molar-refractivity contribution in [3.05, 3.63) is 12.2 Å². The molecule has 0 aliphatic heterocycles. The topological polar surface area (TPSA) is 94.8 Å². The monoisotopic (exact) mass is 354 g/mol. The molecule has 0 radical (unpaired) electrons. The van der Waals surface area contributed by atoms with Crippen LogP contribution in [0, 0.1) is 11.8 Å². The van der Waals surface area contributed by atoms with E-state index in [9.17, 15) is 19.8 Å². The molecule has 0 bridgehead atoms. The number of hydrogen-bond acceptors (Lipinski definition) is 4. The Morgan fingerprint density at radius 2 is 1.68 bits per heavy atom. The second-order valence-electron chi connectivity index (χ2n) is 7.23. The first-order chi connectivity index (χ1) is 12.0. The molecule has 1 rings (SSSR count). The van der Waals surface area contributed by atoms with Crippen LogP contribution in [0.3, 0.4) is 0 Å². The zero-order valence-corrected chi connectivity index (χ0v) is 15.4. The molecule has 4 atom stereocenters. The van der Waals surface area contributed by atoms with Crippen molar-refractivity contribution in [2.24, 2.45) is 11.8 Å². The maximum absolute atomic E-state index is 12.0. The van der Waals surface area contributed by atoms with Crippen LogP contribution < -0.4 is 0 Å². The molecule has 0 spiro atoms. The van der Waals surface area contributed by atoms with Crippen molar-refractivity contribution in [1.29, 1.82) is 0 Å². The summed E-state index contributed by atoms with van der Waals surface area (Å²) in [7, 11) is 0. The van der Waals surface area contributed by atoms with Crippen LogP contribution in [0.15, 0.2) is 12.2 Å². The van der Waals surface area contributed by atoms with Gasteiger partial charge in [-0.3, -0.25) is 9.59 Å². The highest BCUT2D eigenvalue weighted by Crippen LogP contribution is 2.38. The Hall–Kier alpha value is -1.20. The van der Waals surface area contributed by atoms with Gasteiger partial charge in [-0.2, -0.15) is 0 Å². The van der Waals surface area contributed by atoms with E-state index in [0.717, 1.165) is 19.3 Å². The predicted molar refractivity (Wildman–Crippen MR) is 97.2 cm³/mol. The minimum absolute atomic E-state index is 0.0193. The molecule has 25 heavy (non-hydrogen) atoms. The molecule has 0 heterocycles. The third-order valence-corrected chi connectivity index (χ3v) is 5.17. The zero-order chi connectivity index (χ0) is 18.7. The number of carboxylic acid groups (broad SMARTS) is 1. The van der Waals surface area contributed by atoms with Crippen molar-refractivity contribution in [3.8, 4) is 0 Å². The molecule has 1 aliphatic rings. The third-order valence-electron chi connectivity index (χ3n) is 5.17. The molecular formula is C20H34O5. The van der Waals surface area contributed by atoms with Gasteiger partial charge < -0.3 is 15.3 Å². The molecule has 3 N–H and O–H groups in total. The second-order valence-corrected chi connectivity index (χ2v) is 7.23. The Morgan fingerprint density at radius 3 is 2.36 bits per heavy atom. The fraction of sp³-hybridized carbons (Fsp3) is 0.800. The number of carbonyl (C=O) groups is 2. The lowest BCUT2D eigenvalue weighted by Gasteiger charge is -2.22. The van der Waals surface area contributed by atoms with Gasteiger partial charge in [0.2, 0.25) is 0 Å². The fourth-order valence-corrected chi connectivity index (χ4v) is 3.67. The normalized spacial score (nSPS) is 26.4. The lowest BCUT2D eigenvalue weighted by molar-refractivity contribution is -0.137. The number of Topliss-reactive ketones (excluding diaryl/α,β-unsaturated/α-hetero) is 1. The van der Waals surface area contributed by atoms with Crippen molar-refractivity contribution < 1.29 is 24.9 Å². The van der Waals surface area contributed by atoms with E-state index in [1.807, 2.05) is 12.2 Å². The number of ketones is 1. The molecule has 0 unspecified atom stereocenters. The summed E-state index contributed by atoms with van der Waals surface area (Å²) in [6, 6.07) is 0. The van der Waals surface area contributed by atoms with Gasteiger partial charge in [0.25, 0.3) is 0 Å². The molecular weight excluding hydrogens is 320 g/mol. The zero-order valence-electron chi connectivity index (χ0n) is 15.4. The van der Waals surface area contributed by atoms with E-state index < -0.39 is 18.2 Å². The van der Waals surface area contributed by atoms with E-state index in [-0.39, 0.29) is 24.0 Å². The largest absolute Gasteiger partial charge is 0.481 e. The molecule has 144 valence electrons. The van der Waals surface area contributed by atoms with Crippen LogP contribution in [0.1, 0.15) is 77.6 Å². The summed E-state index contributed by atoms with van der Waals surface area (Å²) in [5.41, 5.74) is 0. The standard InChI is InChI=1S/C20H34O5/c1-2-3-6-9-15(21)12-13-17-16(18(22)14-19(17)23)10-7-4-5-8-11-20(24)25/h4,7,16-19,22-23H,2-3,5-6,8-14H2,1H3,(H,24,25)/b7-4-/t16-,17+,18-,19+/m0/s1. The number of hydrogen-bond donors (Lipinski definition) is 3. The van der Waals surface area contributed by atoms with Crippen LogP contribution in [0.2, 0.25) is 0 Å². The number of rotatable bonds is 13. The Labute approximate surface area is 151 Å². The summed E-state index contributed by atoms with van der Waals surface area (Å²) in [5.74, 6) is -0.584. The number of aliphatic hydroxyl groups is 2. The highest BCUT2D eigenvalue weighted by atomic mass is 16.4. The van der Waals surface area contributed by atoms with Crippen molar-refractivity contribution in [2.75, 3.05) is 0 Å². The number of aliphatic carboxylic acids is 1. The minimum atomic E-state index is -0.786. The summed E-state index contributed by atoms with van der Waals surface area (Å²) in [6.07, 6.45) is 10.2. The minimum Gasteiger partial charge on any atom is -0.481 e. The van der Waals surface area contributed by atoms with Gasteiger partial charge in [0, 0.05) is 19.3 Å². The average molecular weight is 354 g/mol. The van der Waals surface area contributed by atoms with Gasteiger partial charge >= 0.3 is 5.97 Å². The van der Waals surface area contributed by atoms with Gasteiger partial charge in [-0.15, -0.1) is 0 Å². The molecule has 1 fully saturated rings. The smallest absolute Gasteiger partial charge is 0.303 e. The molecule has 1 saturated carbocycles. The maximum Gasteiger partial charge on any atom is 0.303 e. The highest BCUT2D eigenvalue weighted by Gasteiger charge is 2.40. The molecule has 0 aromatic rings. The number of unbranched alkanes of at least 4 members (excludes halogenated alkanes) is 3. The number of aliphatic hydroxyl groups excluding tert-OH is 2. The van der Waals surface area contributed by atoms with E-state index in [0.29, 0.717) is 44.9 Å². The predicted octanol–water partition coefficient (Wildman–Crippen LogP) is 3.48. The molecule has 0 saturated heterocycles. The molecule has 0 aromatic heterocycles. The van der Waals surface area contributed by atoms with Gasteiger partial charge in [0.05, 0.1) is 12.2 Å². The van der Waals surface area contributed by atoms with Crippen LogP contribution in [0.25, 0.3) is 0 Å². The summed E-state index contributed by atoms with van der Waals surface area (Å²) in [4.78, 5) is 22.4. The van der Waals surface area contributed by atoms with Crippen LogP contribution in [0.4, 0.5) is 0 Å². The second kappa shape index (κ2) is 12.2. The van der Waals surface area contributed by atoms with Crippen LogP contribution in [-0.4, -0.2) is 39.3 Å². The first-order valence-corrected chi connectivity index (χ1v) is 9.70. The van der Waals surface area contributed by atoms with Crippen molar-refractivity contribution in [3.63, 3.8) is 0 Å². The first kappa shape index (κ1) is 21.8. The van der Waals surface area contributed by atoms with Gasteiger partial charge in [0.1, 0.15) is 5.78 Å². The Bertz CT molecular complexity index is 432. The van der Waals surface area contributed by atoms with E-state index in [1.54, 1.807) is 0 Å². The van der Waals surface area contributed by atoms with Crippen LogP contribution in [-0.2, 0) is 9.59 Å². The Morgan fingerprint density at radius 1 is 0.960 bits per heavy atom. The number of allylic oxidation sites excluding steroid dienone is 2. The summed E-state index contributed by atoms with van der Waals surface area (Å²) in [6.45, 7) is 2.11. The number of carboxylic acids is 1. The first-order valence-electron chi connectivity index (χ1n) is 9.70. The van der Waals surface area contributed by atoms with Crippen LogP contribution >= 0.6 is 0 Å². The summed E-state index contributed by atoms with van der Waals surface area (Å²) >= 11 is 0. The fourth-order valence-electron chi connectivity index (χ4n) is 3.67. The SMILES string of the molecule is CCCCCC(=O)CC[C@@H]1[C@H](C/C=C\CCCC(=O)O)[C@@H](O)C[C@H]1O. The molecule has 5 heteroatoms. The van der Waals surface area contributed by atoms with E-state index >= 15 is 0 Å². The van der Waals surface area contributed by atoms with E-state index in [1.165, 1.54) is 0 Å². The molecule has 1 aliphatic carbocycles. The van der Waals surface area contributed by atoms with Gasteiger partial charge in [-0.1, -0.05) is 31.9 Å². The van der Waals surface area contributed by atoms with Crippen molar-refractivity contribution in [2.45, 2.75) is 89.8 Å². The van der Waals surface area contributed by atoms with Gasteiger partial charge in [0.15, 0.2) is 0 Å². The Kier molecular flexibility index (Phi) is 10.7. The Balaban J connectivity index is 2.38. The molecule has 0 aromatic carbocycles. The summed E-state index contributed by atoms with van der Waals surface area (Å²) < 4.78 is 0. The average Bonchev–Trinajstić information content (AvgIpc) is 2.82. The van der Waals surface area contributed by atoms with Crippen molar-refractivity contribution in [1.82, 2.24) is 0 Å². The number of carbonyl (C=O) groups excluding carboxylic acids is 1. The van der Waals surface area contributed by atoms with E-state index in [4.69, 9.17) is 5.11 Å². The molecule has 0 amide bonds. The third kappa shape index (κ3) is 8.63. The van der Waals surface area contributed by atoms with Crippen molar-refractivity contribution >= 4 is 11.8 Å². The maximum atomic E-state index is 12.0. The molecule has 5 nitrogen and oxygen atoms in total. The van der Waals surface area contributed by atoms with Crippen LogP contribution in [0.5, 0.6) is 0 Å². The quantitative estimate of drug-likeness (QED) is 0.348. The lowest BCUT2D eigenvalue weighted by atomic mass is 9.86. The highest BCUT2D eigenvalue weighted by molar-refractivity contribution is 5.78. The lowest BCUT2D eigenvalue weighted by Crippen LogP contribution is -2.22.